The fourth-order valence-corrected chi connectivity index (χ4v) is 4.20. The summed E-state index contributed by atoms with van der Waals surface area (Å²) in [5, 5.41) is 1.17. The van der Waals surface area contributed by atoms with E-state index in [1.807, 2.05) is 17.5 Å². The Morgan fingerprint density at radius 3 is 2.87 bits per heavy atom. The van der Waals surface area contributed by atoms with Gasteiger partial charge in [0.05, 0.1) is 5.01 Å². The molecule has 1 fully saturated rings. The Bertz CT molecular complexity index is 596. The molecule has 1 atom stereocenters. The third kappa shape index (κ3) is 4.87. The van der Waals surface area contributed by atoms with Crippen LogP contribution in [0.3, 0.4) is 0 Å². The lowest BCUT2D eigenvalue weighted by atomic mass is 10.0. The van der Waals surface area contributed by atoms with Crippen LogP contribution in [0.25, 0.3) is 0 Å². The van der Waals surface area contributed by atoms with Crippen LogP contribution in [-0.2, 0) is 13.0 Å². The summed E-state index contributed by atoms with van der Waals surface area (Å²) in [5.41, 5.74) is 1.44. The second kappa shape index (κ2) is 8.04. The number of aromatic nitrogens is 1. The Hall–Kier alpha value is -1.23. The second-order valence-corrected chi connectivity index (χ2v) is 7.91. The van der Waals surface area contributed by atoms with E-state index in [-0.39, 0.29) is 0 Å². The number of nitrogens with zero attached hydrogens (tertiary/aromatic N) is 3. The topological polar surface area (TPSA) is 19.4 Å². The zero-order chi connectivity index (χ0) is 16.1. The molecule has 1 aromatic carbocycles. The molecule has 4 heteroatoms. The van der Waals surface area contributed by atoms with Gasteiger partial charge in [0, 0.05) is 36.8 Å². The standard InChI is InChI=1S/C19H27N3S/c1-16-20-13-19(23-16)15-22-11-6-9-18(14-22)21(2)12-10-17-7-4-3-5-8-17/h3-5,7-8,13,18H,6,9-12,14-15H2,1-2H3/t18-/m0/s1. The number of hydrogen-bond acceptors (Lipinski definition) is 4. The van der Waals surface area contributed by atoms with Crippen LogP contribution in [0.1, 0.15) is 28.3 Å². The van der Waals surface area contributed by atoms with E-state index in [0.29, 0.717) is 6.04 Å². The largest absolute Gasteiger partial charge is 0.302 e. The van der Waals surface area contributed by atoms with Crippen LogP contribution in [0.2, 0.25) is 0 Å². The number of benzene rings is 1. The molecule has 1 aliphatic rings. The van der Waals surface area contributed by atoms with E-state index in [9.17, 15) is 0 Å². The van der Waals surface area contributed by atoms with Crippen LogP contribution < -0.4 is 0 Å². The van der Waals surface area contributed by atoms with Gasteiger partial charge in [0.25, 0.3) is 0 Å². The van der Waals surface area contributed by atoms with Gasteiger partial charge in [-0.1, -0.05) is 30.3 Å². The van der Waals surface area contributed by atoms with Crippen LogP contribution in [0.4, 0.5) is 0 Å². The van der Waals surface area contributed by atoms with E-state index in [1.165, 1.54) is 41.4 Å². The highest BCUT2D eigenvalue weighted by Gasteiger charge is 2.23. The molecule has 0 amide bonds. The van der Waals surface area contributed by atoms with Crippen molar-refractivity contribution in [2.45, 2.75) is 38.8 Å². The summed E-state index contributed by atoms with van der Waals surface area (Å²) >= 11 is 1.83. The first-order valence-electron chi connectivity index (χ1n) is 8.58. The van der Waals surface area contributed by atoms with Crippen LogP contribution in [-0.4, -0.2) is 47.5 Å². The molecule has 0 spiro atoms. The van der Waals surface area contributed by atoms with Gasteiger partial charge in [-0.25, -0.2) is 4.98 Å². The van der Waals surface area contributed by atoms with Gasteiger partial charge < -0.3 is 4.90 Å². The Balaban J connectivity index is 1.49. The number of hydrogen-bond donors (Lipinski definition) is 0. The van der Waals surface area contributed by atoms with Gasteiger partial charge in [-0.05, 0) is 45.3 Å². The third-order valence-electron chi connectivity index (χ3n) is 4.75. The lowest BCUT2D eigenvalue weighted by Crippen LogP contribution is -2.46. The molecule has 2 heterocycles. The predicted octanol–water partition coefficient (Wildman–Crippen LogP) is 3.59. The normalized spacial score (nSPS) is 19.3. The molecular formula is C19H27N3S. The summed E-state index contributed by atoms with van der Waals surface area (Å²) in [7, 11) is 2.29. The lowest BCUT2D eigenvalue weighted by molar-refractivity contribution is 0.113. The average Bonchev–Trinajstić information content (AvgIpc) is 2.99. The minimum absolute atomic E-state index is 0.682. The Morgan fingerprint density at radius 2 is 2.13 bits per heavy atom. The SMILES string of the molecule is Cc1ncc(CN2CCC[C@H](N(C)CCc3ccccc3)C2)s1. The smallest absolute Gasteiger partial charge is 0.0897 e. The molecule has 3 nitrogen and oxygen atoms in total. The quantitative estimate of drug-likeness (QED) is 0.807. The van der Waals surface area contributed by atoms with E-state index in [4.69, 9.17) is 0 Å². The van der Waals surface area contributed by atoms with Gasteiger partial charge in [-0.15, -0.1) is 11.3 Å². The first-order chi connectivity index (χ1) is 11.2. The van der Waals surface area contributed by atoms with E-state index < -0.39 is 0 Å². The minimum atomic E-state index is 0.682. The van der Waals surface area contributed by atoms with Crippen molar-refractivity contribution in [3.63, 3.8) is 0 Å². The van der Waals surface area contributed by atoms with Crippen LogP contribution in [0.15, 0.2) is 36.5 Å². The Morgan fingerprint density at radius 1 is 1.30 bits per heavy atom. The van der Waals surface area contributed by atoms with Gasteiger partial charge in [0.2, 0.25) is 0 Å². The van der Waals surface area contributed by atoms with Crippen LogP contribution in [0, 0.1) is 6.92 Å². The number of aryl methyl sites for hydroxylation is 1. The van der Waals surface area contributed by atoms with Gasteiger partial charge >= 0.3 is 0 Å². The maximum absolute atomic E-state index is 4.38. The molecule has 124 valence electrons. The predicted molar refractivity (Wildman–Crippen MR) is 97.9 cm³/mol. The zero-order valence-electron chi connectivity index (χ0n) is 14.2. The average molecular weight is 330 g/mol. The first-order valence-corrected chi connectivity index (χ1v) is 9.40. The molecule has 1 aromatic heterocycles. The van der Waals surface area contributed by atoms with Gasteiger partial charge in [0.15, 0.2) is 0 Å². The molecule has 1 aliphatic heterocycles. The highest BCUT2D eigenvalue weighted by molar-refractivity contribution is 7.11. The maximum Gasteiger partial charge on any atom is 0.0897 e. The van der Waals surface area contributed by atoms with E-state index in [0.717, 1.165) is 19.5 Å². The van der Waals surface area contributed by atoms with Gasteiger partial charge in [-0.2, -0.15) is 0 Å². The van der Waals surface area contributed by atoms with Crippen molar-refractivity contribution >= 4 is 11.3 Å². The fourth-order valence-electron chi connectivity index (χ4n) is 3.37. The Labute approximate surface area is 144 Å². The Kier molecular flexibility index (Phi) is 5.81. The number of likely N-dealkylation sites (tertiary alicyclic amines) is 1. The van der Waals surface area contributed by atoms with Gasteiger partial charge in [0.1, 0.15) is 0 Å². The molecule has 0 radical (unpaired) electrons. The van der Waals surface area contributed by atoms with Crippen molar-refractivity contribution in [1.82, 2.24) is 14.8 Å². The molecular weight excluding hydrogens is 302 g/mol. The third-order valence-corrected chi connectivity index (χ3v) is 5.65. The molecule has 0 unspecified atom stereocenters. The summed E-state index contributed by atoms with van der Waals surface area (Å²) < 4.78 is 0. The highest BCUT2D eigenvalue weighted by atomic mass is 32.1. The number of piperidine rings is 1. The van der Waals surface area contributed by atoms with E-state index in [1.54, 1.807) is 0 Å². The van der Waals surface area contributed by atoms with E-state index >= 15 is 0 Å². The summed E-state index contributed by atoms with van der Waals surface area (Å²) in [6, 6.07) is 11.5. The van der Waals surface area contributed by atoms with Crippen LogP contribution >= 0.6 is 11.3 Å². The number of likely N-dealkylation sites (N-methyl/N-ethyl adjacent to an activating group) is 1. The molecule has 23 heavy (non-hydrogen) atoms. The van der Waals surface area contributed by atoms with Crippen molar-refractivity contribution in [3.8, 4) is 0 Å². The molecule has 0 N–H and O–H groups in total. The molecule has 3 rings (SSSR count). The number of rotatable bonds is 6. The highest BCUT2D eigenvalue weighted by Crippen LogP contribution is 2.20. The summed E-state index contributed by atoms with van der Waals surface area (Å²) in [6.45, 7) is 6.70. The molecule has 0 aliphatic carbocycles. The van der Waals surface area contributed by atoms with E-state index in [2.05, 4.69) is 59.1 Å². The summed E-state index contributed by atoms with van der Waals surface area (Å²) in [6.07, 6.45) is 5.81. The van der Waals surface area contributed by atoms with Gasteiger partial charge in [-0.3, -0.25) is 4.90 Å². The summed E-state index contributed by atoms with van der Waals surface area (Å²) in [5.74, 6) is 0. The lowest BCUT2D eigenvalue weighted by Gasteiger charge is -2.37. The van der Waals surface area contributed by atoms with Crippen molar-refractivity contribution in [2.75, 3.05) is 26.7 Å². The molecule has 0 bridgehead atoms. The summed E-state index contributed by atoms with van der Waals surface area (Å²) in [4.78, 5) is 10.9. The monoisotopic (exact) mass is 329 g/mol. The molecule has 1 saturated heterocycles. The minimum Gasteiger partial charge on any atom is -0.302 e. The van der Waals surface area contributed by atoms with Crippen LogP contribution in [0.5, 0.6) is 0 Å². The van der Waals surface area contributed by atoms with Crippen molar-refractivity contribution in [2.24, 2.45) is 0 Å². The fraction of sp³-hybridized carbons (Fsp3) is 0.526. The maximum atomic E-state index is 4.38. The second-order valence-electron chi connectivity index (χ2n) is 6.59. The number of thiazole rings is 1. The first kappa shape index (κ1) is 16.6. The van der Waals surface area contributed by atoms with Crippen molar-refractivity contribution in [3.05, 3.63) is 52.0 Å². The van der Waals surface area contributed by atoms with Crippen molar-refractivity contribution in [1.29, 1.82) is 0 Å². The molecule has 0 saturated carbocycles. The molecule has 2 aromatic rings. The van der Waals surface area contributed by atoms with Crippen molar-refractivity contribution < 1.29 is 0 Å². The zero-order valence-corrected chi connectivity index (χ0v) is 15.1.